The molecule has 1 fully saturated rings. The Bertz CT molecular complexity index is 732. The van der Waals surface area contributed by atoms with Gasteiger partial charge in [0.05, 0.1) is 6.54 Å². The van der Waals surface area contributed by atoms with Crippen molar-refractivity contribution in [2.45, 2.75) is 32.9 Å². The summed E-state index contributed by atoms with van der Waals surface area (Å²) >= 11 is 0. The number of hydrogen-bond donors (Lipinski definition) is 3. The molecule has 11 heteroatoms. The SMILES string of the molecule is CCNC(=NCc1cc2c(cc1OC(F)F)OCO2)NCCNC(=O)C1CC1.I. The van der Waals surface area contributed by atoms with Crippen LogP contribution in [-0.2, 0) is 11.3 Å². The predicted octanol–water partition coefficient (Wildman–Crippen LogP) is 2.22. The molecule has 0 aromatic heterocycles. The average molecular weight is 526 g/mol. The van der Waals surface area contributed by atoms with E-state index in [4.69, 9.17) is 9.47 Å². The molecular weight excluding hydrogens is 501 g/mol. The Kier molecular flexibility index (Phi) is 8.99. The number of halogens is 3. The lowest BCUT2D eigenvalue weighted by molar-refractivity contribution is -0.122. The number of fused-ring (bicyclic) bond motifs is 1. The fraction of sp³-hybridized carbons (Fsp3) is 0.556. The van der Waals surface area contributed by atoms with Gasteiger partial charge in [-0.1, -0.05) is 0 Å². The van der Waals surface area contributed by atoms with E-state index >= 15 is 0 Å². The first-order valence-corrected chi connectivity index (χ1v) is 9.24. The number of carbonyl (C=O) groups is 1. The highest BCUT2D eigenvalue weighted by Crippen LogP contribution is 2.39. The minimum absolute atomic E-state index is 0. The molecule has 2 aliphatic rings. The Morgan fingerprint density at radius 1 is 1.21 bits per heavy atom. The maximum Gasteiger partial charge on any atom is 0.387 e. The second-order valence-electron chi connectivity index (χ2n) is 6.38. The van der Waals surface area contributed by atoms with Gasteiger partial charge in [0.1, 0.15) is 5.75 Å². The summed E-state index contributed by atoms with van der Waals surface area (Å²) in [5, 5.41) is 9.02. The van der Waals surface area contributed by atoms with E-state index in [1.165, 1.54) is 6.07 Å². The summed E-state index contributed by atoms with van der Waals surface area (Å²) in [6, 6.07) is 2.97. The molecule has 0 bridgehead atoms. The molecule has 1 heterocycles. The number of benzene rings is 1. The molecule has 8 nitrogen and oxygen atoms in total. The predicted molar refractivity (Wildman–Crippen MR) is 113 cm³/mol. The van der Waals surface area contributed by atoms with E-state index in [0.717, 1.165) is 12.8 Å². The van der Waals surface area contributed by atoms with Crippen LogP contribution in [0.3, 0.4) is 0 Å². The summed E-state index contributed by atoms with van der Waals surface area (Å²) in [5.74, 6) is 1.57. The van der Waals surface area contributed by atoms with Crippen molar-refractivity contribution in [2.75, 3.05) is 26.4 Å². The van der Waals surface area contributed by atoms with Crippen LogP contribution < -0.4 is 30.2 Å². The smallest absolute Gasteiger partial charge is 0.387 e. The number of nitrogens with zero attached hydrogens (tertiary/aromatic N) is 1. The van der Waals surface area contributed by atoms with Crippen LogP contribution in [0.15, 0.2) is 17.1 Å². The van der Waals surface area contributed by atoms with Gasteiger partial charge in [0.15, 0.2) is 17.5 Å². The van der Waals surface area contributed by atoms with Crippen LogP contribution in [0.25, 0.3) is 0 Å². The molecule has 162 valence electrons. The molecule has 29 heavy (non-hydrogen) atoms. The first-order valence-electron chi connectivity index (χ1n) is 9.24. The third-order valence-corrected chi connectivity index (χ3v) is 4.19. The van der Waals surface area contributed by atoms with E-state index in [1.54, 1.807) is 6.07 Å². The van der Waals surface area contributed by atoms with Crippen molar-refractivity contribution in [3.8, 4) is 17.2 Å². The van der Waals surface area contributed by atoms with Crippen LogP contribution in [0.2, 0.25) is 0 Å². The maximum absolute atomic E-state index is 12.7. The van der Waals surface area contributed by atoms with Gasteiger partial charge in [-0.15, -0.1) is 24.0 Å². The molecule has 1 aliphatic carbocycles. The van der Waals surface area contributed by atoms with E-state index in [1.807, 2.05) is 6.92 Å². The summed E-state index contributed by atoms with van der Waals surface area (Å²) < 4.78 is 40.5. The molecule has 1 aromatic carbocycles. The number of nitrogens with one attached hydrogen (secondary N) is 3. The van der Waals surface area contributed by atoms with Crippen molar-refractivity contribution in [3.05, 3.63) is 17.7 Å². The maximum atomic E-state index is 12.7. The first kappa shape index (κ1) is 23.2. The molecule has 1 saturated carbocycles. The zero-order chi connectivity index (χ0) is 19.9. The number of rotatable bonds is 9. The van der Waals surface area contributed by atoms with Crippen molar-refractivity contribution in [2.24, 2.45) is 10.9 Å². The van der Waals surface area contributed by atoms with Crippen LogP contribution in [0.4, 0.5) is 8.78 Å². The third-order valence-electron chi connectivity index (χ3n) is 4.19. The normalized spacial score (nSPS) is 15.0. The molecule has 0 spiro atoms. The van der Waals surface area contributed by atoms with Crippen LogP contribution >= 0.6 is 24.0 Å². The van der Waals surface area contributed by atoms with Crippen molar-refractivity contribution < 1.29 is 27.8 Å². The summed E-state index contributed by atoms with van der Waals surface area (Å²) in [5.41, 5.74) is 0.448. The highest BCUT2D eigenvalue weighted by molar-refractivity contribution is 14.0. The molecule has 3 rings (SSSR count). The Morgan fingerprint density at radius 2 is 1.90 bits per heavy atom. The number of ether oxygens (including phenoxy) is 3. The number of aliphatic imine (C=N–C) groups is 1. The van der Waals surface area contributed by atoms with Gasteiger partial charge >= 0.3 is 6.61 Å². The highest BCUT2D eigenvalue weighted by atomic mass is 127. The van der Waals surface area contributed by atoms with Gasteiger partial charge in [-0.2, -0.15) is 8.78 Å². The lowest BCUT2D eigenvalue weighted by atomic mass is 10.1. The molecular formula is C18H25F2IN4O4. The summed E-state index contributed by atoms with van der Waals surface area (Å²) in [7, 11) is 0. The van der Waals surface area contributed by atoms with Crippen LogP contribution in [0, 0.1) is 5.92 Å². The van der Waals surface area contributed by atoms with Crippen molar-refractivity contribution in [1.82, 2.24) is 16.0 Å². The zero-order valence-electron chi connectivity index (χ0n) is 16.0. The van der Waals surface area contributed by atoms with E-state index in [9.17, 15) is 13.6 Å². The minimum Gasteiger partial charge on any atom is -0.454 e. The second kappa shape index (κ2) is 11.2. The molecule has 0 saturated heterocycles. The second-order valence-corrected chi connectivity index (χ2v) is 6.38. The average Bonchev–Trinajstić information content (AvgIpc) is 3.41. The summed E-state index contributed by atoms with van der Waals surface area (Å²) in [6.45, 7) is 0.689. The molecule has 0 atom stereocenters. The summed E-state index contributed by atoms with van der Waals surface area (Å²) in [4.78, 5) is 16.0. The number of carbonyl (C=O) groups excluding carboxylic acids is 1. The van der Waals surface area contributed by atoms with E-state index in [2.05, 4.69) is 25.7 Å². The molecule has 1 aliphatic heterocycles. The van der Waals surface area contributed by atoms with Crippen LogP contribution in [0.5, 0.6) is 17.2 Å². The number of alkyl halides is 2. The molecule has 3 N–H and O–H groups in total. The van der Waals surface area contributed by atoms with Crippen molar-refractivity contribution >= 4 is 35.8 Å². The summed E-state index contributed by atoms with van der Waals surface area (Å²) in [6.07, 6.45) is 1.92. The van der Waals surface area contributed by atoms with E-state index < -0.39 is 6.61 Å². The number of guanidine groups is 1. The topological polar surface area (TPSA) is 93.2 Å². The minimum atomic E-state index is -2.95. The van der Waals surface area contributed by atoms with E-state index in [-0.39, 0.29) is 54.9 Å². The quantitative estimate of drug-likeness (QED) is 0.198. The van der Waals surface area contributed by atoms with Crippen LogP contribution in [-0.4, -0.2) is 44.9 Å². The molecule has 1 amide bonds. The van der Waals surface area contributed by atoms with Gasteiger partial charge in [-0.25, -0.2) is 4.99 Å². The third kappa shape index (κ3) is 7.05. The molecule has 0 unspecified atom stereocenters. The van der Waals surface area contributed by atoms with Crippen LogP contribution in [0.1, 0.15) is 25.3 Å². The Hall–Kier alpha value is -2.05. The van der Waals surface area contributed by atoms with Crippen molar-refractivity contribution in [1.29, 1.82) is 0 Å². The molecule has 1 aromatic rings. The van der Waals surface area contributed by atoms with Gasteiger partial charge in [0, 0.05) is 37.2 Å². The monoisotopic (exact) mass is 526 g/mol. The fourth-order valence-electron chi connectivity index (χ4n) is 2.66. The Labute approximate surface area is 184 Å². The van der Waals surface area contributed by atoms with Gasteiger partial charge in [0.2, 0.25) is 12.7 Å². The van der Waals surface area contributed by atoms with Gasteiger partial charge in [-0.05, 0) is 25.8 Å². The van der Waals surface area contributed by atoms with Crippen molar-refractivity contribution in [3.63, 3.8) is 0 Å². The lowest BCUT2D eigenvalue weighted by Crippen LogP contribution is -2.41. The Morgan fingerprint density at radius 3 is 2.55 bits per heavy atom. The van der Waals surface area contributed by atoms with Gasteiger partial charge in [0.25, 0.3) is 0 Å². The first-order chi connectivity index (χ1) is 13.6. The lowest BCUT2D eigenvalue weighted by Gasteiger charge is -2.13. The van der Waals surface area contributed by atoms with Gasteiger partial charge in [-0.3, -0.25) is 4.79 Å². The molecule has 0 radical (unpaired) electrons. The largest absolute Gasteiger partial charge is 0.454 e. The Balaban J connectivity index is 0.00000300. The van der Waals surface area contributed by atoms with Gasteiger partial charge < -0.3 is 30.2 Å². The zero-order valence-corrected chi connectivity index (χ0v) is 18.3. The standard InChI is InChI=1S/C18H24F2N4O4.HI/c1-2-21-18(23-6-5-22-16(25)11-3-4-11)24-9-12-7-14-15(27-10-26-14)8-13(12)28-17(19)20;/h7-8,11,17H,2-6,9-10H2,1H3,(H,22,25)(H2,21,23,24);1H. The number of amides is 1. The highest BCUT2D eigenvalue weighted by Gasteiger charge is 2.29. The van der Waals surface area contributed by atoms with E-state index in [0.29, 0.717) is 42.7 Å². The fourth-order valence-corrected chi connectivity index (χ4v) is 2.66. The number of hydrogen-bond acceptors (Lipinski definition) is 5.